The number of halogens is 1. The van der Waals surface area contributed by atoms with E-state index in [9.17, 15) is 9.90 Å². The number of hydrogen-bond acceptors (Lipinski definition) is 4. The summed E-state index contributed by atoms with van der Waals surface area (Å²) in [5.74, 6) is 0.252. The highest BCUT2D eigenvalue weighted by Crippen LogP contribution is 2.29. The molecule has 3 atom stereocenters. The first-order valence-corrected chi connectivity index (χ1v) is 8.38. The van der Waals surface area contributed by atoms with Gasteiger partial charge in [-0.05, 0) is 38.0 Å². The van der Waals surface area contributed by atoms with E-state index in [-0.39, 0.29) is 17.9 Å². The highest BCUT2D eigenvalue weighted by Gasteiger charge is 2.32. The highest BCUT2D eigenvalue weighted by molar-refractivity contribution is 6.32. The second-order valence-electron chi connectivity index (χ2n) is 5.72. The van der Waals surface area contributed by atoms with Gasteiger partial charge in [-0.2, -0.15) is 0 Å². The first kappa shape index (κ1) is 18.0. The topological polar surface area (TPSA) is 67.8 Å². The van der Waals surface area contributed by atoms with E-state index in [2.05, 4.69) is 5.32 Å². The fourth-order valence-electron chi connectivity index (χ4n) is 3.03. The zero-order valence-corrected chi connectivity index (χ0v) is 14.3. The van der Waals surface area contributed by atoms with E-state index in [1.807, 2.05) is 6.92 Å². The van der Waals surface area contributed by atoms with Crippen LogP contribution < -0.4 is 10.1 Å². The Labute approximate surface area is 141 Å². The van der Waals surface area contributed by atoms with Crippen molar-refractivity contribution in [3.63, 3.8) is 0 Å². The molecule has 128 valence electrons. The van der Waals surface area contributed by atoms with Gasteiger partial charge < -0.3 is 19.9 Å². The SMILES string of the molecule is CCOC(O)[C@H]1CCCC[C@H]1NC(=O)c1ccc(OC)c(Cl)c1. The largest absolute Gasteiger partial charge is 0.495 e. The summed E-state index contributed by atoms with van der Waals surface area (Å²) < 4.78 is 10.4. The second kappa shape index (κ2) is 8.52. The third-order valence-corrected chi connectivity index (χ3v) is 4.55. The standard InChI is InChI=1S/C17H24ClNO4/c1-3-23-17(21)12-6-4-5-7-14(12)19-16(20)11-8-9-15(22-2)13(18)10-11/h8-10,12,14,17,21H,3-7H2,1-2H3,(H,19,20)/t12-,14+,17?/m0/s1. The number of carbonyl (C=O) groups excluding carboxylic acids is 1. The van der Waals surface area contributed by atoms with E-state index in [1.165, 1.54) is 7.11 Å². The molecule has 1 aliphatic carbocycles. The zero-order chi connectivity index (χ0) is 16.8. The first-order valence-electron chi connectivity index (χ1n) is 8.01. The van der Waals surface area contributed by atoms with Crippen LogP contribution in [-0.4, -0.2) is 37.1 Å². The summed E-state index contributed by atoms with van der Waals surface area (Å²) in [7, 11) is 1.53. The molecule has 0 saturated heterocycles. The Morgan fingerprint density at radius 2 is 2.17 bits per heavy atom. The number of nitrogens with one attached hydrogen (secondary N) is 1. The number of amides is 1. The zero-order valence-electron chi connectivity index (χ0n) is 13.5. The number of benzene rings is 1. The molecule has 5 nitrogen and oxygen atoms in total. The minimum absolute atomic E-state index is 0.0821. The third-order valence-electron chi connectivity index (χ3n) is 4.25. The van der Waals surface area contributed by atoms with Gasteiger partial charge in [-0.3, -0.25) is 4.79 Å². The van der Waals surface area contributed by atoms with Crippen molar-refractivity contribution in [1.82, 2.24) is 5.32 Å². The fourth-order valence-corrected chi connectivity index (χ4v) is 3.29. The summed E-state index contributed by atoms with van der Waals surface area (Å²) in [6, 6.07) is 4.84. The molecule has 0 heterocycles. The van der Waals surface area contributed by atoms with Crippen molar-refractivity contribution in [2.24, 2.45) is 5.92 Å². The molecular formula is C17H24ClNO4. The van der Waals surface area contributed by atoms with E-state index in [0.29, 0.717) is 22.9 Å². The van der Waals surface area contributed by atoms with Crippen molar-refractivity contribution in [2.75, 3.05) is 13.7 Å². The van der Waals surface area contributed by atoms with Gasteiger partial charge in [-0.1, -0.05) is 24.4 Å². The van der Waals surface area contributed by atoms with Gasteiger partial charge in [0.05, 0.1) is 12.1 Å². The maximum atomic E-state index is 12.5. The smallest absolute Gasteiger partial charge is 0.251 e. The van der Waals surface area contributed by atoms with Gasteiger partial charge in [0, 0.05) is 24.1 Å². The number of aliphatic hydroxyl groups is 1. The van der Waals surface area contributed by atoms with Gasteiger partial charge in [0.15, 0.2) is 6.29 Å². The minimum Gasteiger partial charge on any atom is -0.495 e. The van der Waals surface area contributed by atoms with Crippen LogP contribution in [0.5, 0.6) is 5.75 Å². The Morgan fingerprint density at radius 3 is 2.83 bits per heavy atom. The van der Waals surface area contributed by atoms with Crippen molar-refractivity contribution in [3.8, 4) is 5.75 Å². The average Bonchev–Trinajstić information content (AvgIpc) is 2.55. The van der Waals surface area contributed by atoms with Crippen molar-refractivity contribution in [2.45, 2.75) is 44.9 Å². The lowest BCUT2D eigenvalue weighted by Crippen LogP contribution is -2.47. The van der Waals surface area contributed by atoms with Crippen molar-refractivity contribution >= 4 is 17.5 Å². The summed E-state index contributed by atoms with van der Waals surface area (Å²) in [5.41, 5.74) is 0.478. The quantitative estimate of drug-likeness (QED) is 0.780. The van der Waals surface area contributed by atoms with Gasteiger partial charge in [-0.25, -0.2) is 0 Å². The summed E-state index contributed by atoms with van der Waals surface area (Å²) in [5, 5.41) is 13.5. The number of ether oxygens (including phenoxy) is 2. The molecule has 2 rings (SSSR count). The lowest BCUT2D eigenvalue weighted by molar-refractivity contribution is -0.142. The van der Waals surface area contributed by atoms with Gasteiger partial charge in [0.2, 0.25) is 0 Å². The molecule has 0 bridgehead atoms. The van der Waals surface area contributed by atoms with E-state index in [1.54, 1.807) is 18.2 Å². The molecule has 23 heavy (non-hydrogen) atoms. The van der Waals surface area contributed by atoms with Crippen LogP contribution in [0.3, 0.4) is 0 Å². The summed E-state index contributed by atoms with van der Waals surface area (Å²) in [6.45, 7) is 2.30. The Bertz CT molecular complexity index is 537. The third kappa shape index (κ3) is 4.59. The molecule has 0 aliphatic heterocycles. The maximum Gasteiger partial charge on any atom is 0.251 e. The monoisotopic (exact) mass is 341 g/mol. The average molecular weight is 342 g/mol. The Kier molecular flexibility index (Phi) is 6.69. The van der Waals surface area contributed by atoms with E-state index < -0.39 is 6.29 Å². The van der Waals surface area contributed by atoms with E-state index >= 15 is 0 Å². The lowest BCUT2D eigenvalue weighted by Gasteiger charge is -2.34. The van der Waals surface area contributed by atoms with Crippen LogP contribution in [0.2, 0.25) is 5.02 Å². The molecule has 0 spiro atoms. The lowest BCUT2D eigenvalue weighted by atomic mass is 9.83. The molecule has 0 aromatic heterocycles. The van der Waals surface area contributed by atoms with Crippen LogP contribution in [0.25, 0.3) is 0 Å². The number of methoxy groups -OCH3 is 1. The molecule has 6 heteroatoms. The van der Waals surface area contributed by atoms with Crippen LogP contribution in [0.1, 0.15) is 43.0 Å². The number of carbonyl (C=O) groups is 1. The molecule has 1 saturated carbocycles. The molecule has 1 amide bonds. The Balaban J connectivity index is 2.06. The number of hydrogen-bond donors (Lipinski definition) is 2. The molecule has 1 unspecified atom stereocenters. The van der Waals surface area contributed by atoms with Crippen LogP contribution in [0, 0.1) is 5.92 Å². The van der Waals surface area contributed by atoms with Gasteiger partial charge in [-0.15, -0.1) is 0 Å². The fraction of sp³-hybridized carbons (Fsp3) is 0.588. The molecule has 1 aliphatic rings. The predicted molar refractivity (Wildman–Crippen MR) is 88.8 cm³/mol. The van der Waals surface area contributed by atoms with Crippen LogP contribution >= 0.6 is 11.6 Å². The molecule has 1 aromatic carbocycles. The van der Waals surface area contributed by atoms with E-state index in [0.717, 1.165) is 25.7 Å². The Morgan fingerprint density at radius 1 is 1.43 bits per heavy atom. The molecular weight excluding hydrogens is 318 g/mol. The first-order chi connectivity index (χ1) is 11.1. The predicted octanol–water partition coefficient (Wildman–Crippen LogP) is 2.99. The highest BCUT2D eigenvalue weighted by atomic mass is 35.5. The molecule has 2 N–H and O–H groups in total. The molecule has 0 radical (unpaired) electrons. The normalized spacial score (nSPS) is 22.4. The van der Waals surface area contributed by atoms with Crippen LogP contribution in [-0.2, 0) is 4.74 Å². The van der Waals surface area contributed by atoms with Crippen molar-refractivity contribution < 1.29 is 19.4 Å². The van der Waals surface area contributed by atoms with Gasteiger partial charge in [0.25, 0.3) is 5.91 Å². The molecule has 1 fully saturated rings. The number of aliphatic hydroxyl groups excluding tert-OH is 1. The van der Waals surface area contributed by atoms with Gasteiger partial charge >= 0.3 is 0 Å². The molecule has 1 aromatic rings. The van der Waals surface area contributed by atoms with Gasteiger partial charge in [0.1, 0.15) is 5.75 Å². The number of rotatable bonds is 6. The van der Waals surface area contributed by atoms with Crippen LogP contribution in [0.15, 0.2) is 18.2 Å². The summed E-state index contributed by atoms with van der Waals surface area (Å²) in [4.78, 5) is 12.5. The second-order valence-corrected chi connectivity index (χ2v) is 6.13. The van der Waals surface area contributed by atoms with Crippen LogP contribution in [0.4, 0.5) is 0 Å². The summed E-state index contributed by atoms with van der Waals surface area (Å²) in [6.07, 6.45) is 2.91. The minimum atomic E-state index is -0.843. The van der Waals surface area contributed by atoms with E-state index in [4.69, 9.17) is 21.1 Å². The van der Waals surface area contributed by atoms with Crippen molar-refractivity contribution in [1.29, 1.82) is 0 Å². The Hall–Kier alpha value is -1.30. The summed E-state index contributed by atoms with van der Waals surface area (Å²) >= 11 is 6.07. The maximum absolute atomic E-state index is 12.5. The van der Waals surface area contributed by atoms with Crippen molar-refractivity contribution in [3.05, 3.63) is 28.8 Å².